The molecule has 1 aromatic carbocycles. The highest BCUT2D eigenvalue weighted by molar-refractivity contribution is 5.85. The van der Waals surface area contributed by atoms with Crippen LogP contribution in [0.4, 0.5) is 5.69 Å². The molecular formula is C25H43ClN2. The summed E-state index contributed by atoms with van der Waals surface area (Å²) >= 11 is 0. The van der Waals surface area contributed by atoms with Gasteiger partial charge in [-0.3, -0.25) is 4.90 Å². The second kappa shape index (κ2) is 11.5. The lowest BCUT2D eigenvalue weighted by Gasteiger charge is -2.41. The fourth-order valence-electron chi connectivity index (χ4n) is 5.42. The van der Waals surface area contributed by atoms with Crippen molar-refractivity contribution in [3.63, 3.8) is 0 Å². The minimum Gasteiger partial charge on any atom is -0.369 e. The highest BCUT2D eigenvalue weighted by atomic mass is 35.5. The van der Waals surface area contributed by atoms with Gasteiger partial charge in [0.15, 0.2) is 0 Å². The number of hydrogen-bond donors (Lipinski definition) is 0. The summed E-state index contributed by atoms with van der Waals surface area (Å²) in [5, 5.41) is 0. The van der Waals surface area contributed by atoms with Gasteiger partial charge in [-0.1, -0.05) is 64.7 Å². The molecule has 2 nitrogen and oxygen atoms in total. The fraction of sp³-hybridized carbons (Fsp3) is 0.760. The summed E-state index contributed by atoms with van der Waals surface area (Å²) < 4.78 is 0. The van der Waals surface area contributed by atoms with Crippen LogP contribution in [-0.4, -0.2) is 37.6 Å². The summed E-state index contributed by atoms with van der Waals surface area (Å²) in [5.41, 5.74) is 3.81. The molecular weight excluding hydrogens is 364 g/mol. The van der Waals surface area contributed by atoms with Crippen LogP contribution >= 0.6 is 12.4 Å². The molecule has 0 aromatic heterocycles. The molecule has 1 saturated heterocycles. The highest BCUT2D eigenvalue weighted by Crippen LogP contribution is 2.48. The Morgan fingerprint density at radius 2 is 1.54 bits per heavy atom. The van der Waals surface area contributed by atoms with E-state index in [4.69, 9.17) is 0 Å². The van der Waals surface area contributed by atoms with E-state index in [-0.39, 0.29) is 12.4 Å². The number of halogens is 1. The largest absolute Gasteiger partial charge is 0.369 e. The number of anilines is 1. The first-order chi connectivity index (χ1) is 13.2. The van der Waals surface area contributed by atoms with Crippen molar-refractivity contribution in [2.45, 2.75) is 84.5 Å². The zero-order valence-corrected chi connectivity index (χ0v) is 19.4. The molecule has 1 aliphatic carbocycles. The molecule has 0 amide bonds. The standard InChI is InChI=1S/C25H42N2.ClH/c1-4-7-10-17-26-18-20-27(21-19-26)24-12-9-8-11-23(24)22-13-15-25(5-2,6-3)16-14-22;/h8-9,11-12,22H,4-7,10,13-21H2,1-3H3;1H. The molecule has 0 spiro atoms. The van der Waals surface area contributed by atoms with Crippen molar-refractivity contribution < 1.29 is 0 Å². The monoisotopic (exact) mass is 406 g/mol. The Morgan fingerprint density at radius 3 is 2.14 bits per heavy atom. The van der Waals surface area contributed by atoms with E-state index in [1.54, 1.807) is 5.56 Å². The molecule has 3 rings (SSSR count). The van der Waals surface area contributed by atoms with Crippen molar-refractivity contribution in [3.8, 4) is 0 Å². The predicted molar refractivity (Wildman–Crippen MR) is 126 cm³/mol. The normalized spacial score (nSPS) is 20.8. The Morgan fingerprint density at radius 1 is 0.893 bits per heavy atom. The molecule has 1 saturated carbocycles. The van der Waals surface area contributed by atoms with Crippen molar-refractivity contribution >= 4 is 18.1 Å². The quantitative estimate of drug-likeness (QED) is 0.434. The minimum absolute atomic E-state index is 0. The van der Waals surface area contributed by atoms with E-state index in [0.29, 0.717) is 5.41 Å². The van der Waals surface area contributed by atoms with Crippen LogP contribution in [0, 0.1) is 5.41 Å². The molecule has 1 aliphatic heterocycles. The molecule has 0 radical (unpaired) electrons. The van der Waals surface area contributed by atoms with E-state index < -0.39 is 0 Å². The van der Waals surface area contributed by atoms with E-state index in [9.17, 15) is 0 Å². The number of rotatable bonds is 8. The van der Waals surface area contributed by atoms with Gasteiger partial charge >= 0.3 is 0 Å². The summed E-state index contributed by atoms with van der Waals surface area (Å²) in [5.74, 6) is 0.773. The fourth-order valence-corrected chi connectivity index (χ4v) is 5.42. The first-order valence-corrected chi connectivity index (χ1v) is 11.8. The van der Waals surface area contributed by atoms with Gasteiger partial charge in [-0.25, -0.2) is 0 Å². The summed E-state index contributed by atoms with van der Waals surface area (Å²) in [7, 11) is 0. The van der Waals surface area contributed by atoms with Crippen molar-refractivity contribution in [2.75, 3.05) is 37.6 Å². The van der Waals surface area contributed by atoms with Gasteiger partial charge in [-0.05, 0) is 61.6 Å². The van der Waals surface area contributed by atoms with Crippen LogP contribution in [0.15, 0.2) is 24.3 Å². The molecule has 3 heteroatoms. The number of nitrogens with zero attached hydrogens (tertiary/aromatic N) is 2. The SMILES string of the molecule is CCCCCN1CCN(c2ccccc2C2CCC(CC)(CC)CC2)CC1.Cl. The van der Waals surface area contributed by atoms with Crippen LogP contribution in [0.25, 0.3) is 0 Å². The van der Waals surface area contributed by atoms with E-state index in [1.807, 2.05) is 0 Å². The van der Waals surface area contributed by atoms with Crippen LogP contribution in [0.2, 0.25) is 0 Å². The van der Waals surface area contributed by atoms with Crippen molar-refractivity contribution in [1.82, 2.24) is 4.90 Å². The maximum absolute atomic E-state index is 2.67. The smallest absolute Gasteiger partial charge is 0.0402 e. The van der Waals surface area contributed by atoms with E-state index in [0.717, 1.165) is 5.92 Å². The molecule has 0 N–H and O–H groups in total. The van der Waals surface area contributed by atoms with E-state index >= 15 is 0 Å². The molecule has 2 fully saturated rings. The van der Waals surface area contributed by atoms with Gasteiger partial charge in [0.1, 0.15) is 0 Å². The topological polar surface area (TPSA) is 6.48 Å². The van der Waals surface area contributed by atoms with Crippen molar-refractivity contribution in [2.24, 2.45) is 5.41 Å². The summed E-state index contributed by atoms with van der Waals surface area (Å²) in [6, 6.07) is 9.33. The van der Waals surface area contributed by atoms with Crippen LogP contribution in [0.5, 0.6) is 0 Å². The first-order valence-electron chi connectivity index (χ1n) is 11.8. The number of unbranched alkanes of at least 4 members (excludes halogenated alkanes) is 2. The van der Waals surface area contributed by atoms with Gasteiger partial charge in [0.05, 0.1) is 0 Å². The molecule has 0 unspecified atom stereocenters. The molecule has 1 heterocycles. The number of para-hydroxylation sites is 1. The van der Waals surface area contributed by atoms with Gasteiger partial charge in [-0.15, -0.1) is 12.4 Å². The van der Waals surface area contributed by atoms with Gasteiger partial charge in [0.25, 0.3) is 0 Å². The Hall–Kier alpha value is -0.730. The molecule has 0 atom stereocenters. The Kier molecular flexibility index (Phi) is 9.63. The van der Waals surface area contributed by atoms with Crippen LogP contribution in [0.3, 0.4) is 0 Å². The highest BCUT2D eigenvalue weighted by Gasteiger charge is 2.33. The predicted octanol–water partition coefficient (Wildman–Crippen LogP) is 6.88. The van der Waals surface area contributed by atoms with Crippen LogP contribution < -0.4 is 4.90 Å². The zero-order chi connectivity index (χ0) is 19.1. The Balaban J connectivity index is 0.00000280. The molecule has 1 aromatic rings. The third kappa shape index (κ3) is 5.66. The number of benzene rings is 1. The van der Waals surface area contributed by atoms with E-state index in [2.05, 4.69) is 54.8 Å². The number of piperazine rings is 1. The maximum atomic E-state index is 2.67. The van der Waals surface area contributed by atoms with Gasteiger partial charge in [0, 0.05) is 31.9 Å². The summed E-state index contributed by atoms with van der Waals surface area (Å²) in [6.07, 6.45) is 12.4. The second-order valence-corrected chi connectivity index (χ2v) is 9.08. The van der Waals surface area contributed by atoms with Crippen molar-refractivity contribution in [3.05, 3.63) is 29.8 Å². The lowest BCUT2D eigenvalue weighted by Crippen LogP contribution is -2.47. The molecule has 2 aliphatic rings. The van der Waals surface area contributed by atoms with Gasteiger partial charge < -0.3 is 4.90 Å². The summed E-state index contributed by atoms with van der Waals surface area (Å²) in [4.78, 5) is 5.35. The second-order valence-electron chi connectivity index (χ2n) is 9.08. The van der Waals surface area contributed by atoms with Crippen LogP contribution in [0.1, 0.15) is 90.0 Å². The minimum atomic E-state index is 0. The first kappa shape index (κ1) is 23.5. The lowest BCUT2D eigenvalue weighted by molar-refractivity contribution is 0.159. The zero-order valence-electron chi connectivity index (χ0n) is 18.6. The Labute approximate surface area is 180 Å². The molecule has 0 bridgehead atoms. The van der Waals surface area contributed by atoms with Crippen molar-refractivity contribution in [1.29, 1.82) is 0 Å². The molecule has 28 heavy (non-hydrogen) atoms. The summed E-state index contributed by atoms with van der Waals surface area (Å²) in [6.45, 7) is 13.3. The average Bonchev–Trinajstić information content (AvgIpc) is 2.74. The maximum Gasteiger partial charge on any atom is 0.0402 e. The number of hydrogen-bond acceptors (Lipinski definition) is 2. The average molecular weight is 407 g/mol. The third-order valence-electron chi connectivity index (χ3n) is 7.71. The van der Waals surface area contributed by atoms with Crippen LogP contribution in [-0.2, 0) is 0 Å². The van der Waals surface area contributed by atoms with Gasteiger partial charge in [-0.2, -0.15) is 0 Å². The van der Waals surface area contributed by atoms with Gasteiger partial charge in [0.2, 0.25) is 0 Å². The Bertz CT molecular complexity index is 551. The van der Waals surface area contributed by atoms with E-state index in [1.165, 1.54) is 96.2 Å². The lowest BCUT2D eigenvalue weighted by atomic mass is 9.66. The molecule has 160 valence electrons. The third-order valence-corrected chi connectivity index (χ3v) is 7.71.